The van der Waals surface area contributed by atoms with Crippen LogP contribution >= 0.6 is 0 Å². The fraction of sp³-hybridized carbons (Fsp3) is 0.348. The van der Waals surface area contributed by atoms with Crippen LogP contribution in [-0.4, -0.2) is 41.0 Å². The number of carbonyl (C=O) groups is 2. The number of hydrogen-bond acceptors (Lipinski definition) is 5. The van der Waals surface area contributed by atoms with Gasteiger partial charge in [-0.3, -0.25) is 14.6 Å². The van der Waals surface area contributed by atoms with E-state index in [1.165, 1.54) is 11.8 Å². The average molecular weight is 392 g/mol. The number of allylic oxidation sites excluding steroid dienone is 2. The molecule has 1 amide bonds. The summed E-state index contributed by atoms with van der Waals surface area (Å²) >= 11 is 0. The lowest BCUT2D eigenvalue weighted by Crippen LogP contribution is -2.40. The Labute approximate surface area is 169 Å². The van der Waals surface area contributed by atoms with Gasteiger partial charge in [-0.2, -0.15) is 0 Å². The molecule has 150 valence electrons. The zero-order valence-corrected chi connectivity index (χ0v) is 16.4. The van der Waals surface area contributed by atoms with Crippen molar-refractivity contribution >= 4 is 17.9 Å². The third-order valence-electron chi connectivity index (χ3n) is 5.74. The number of rotatable bonds is 4. The minimum atomic E-state index is -0.161. The fourth-order valence-electron chi connectivity index (χ4n) is 4.25. The van der Waals surface area contributed by atoms with Crippen molar-refractivity contribution in [2.45, 2.75) is 38.1 Å². The van der Waals surface area contributed by atoms with Crippen LogP contribution in [0.3, 0.4) is 0 Å². The van der Waals surface area contributed by atoms with Gasteiger partial charge < -0.3 is 14.4 Å². The predicted molar refractivity (Wildman–Crippen MR) is 109 cm³/mol. The maximum atomic E-state index is 12.5. The molecule has 1 aromatic heterocycles. The van der Waals surface area contributed by atoms with Crippen molar-refractivity contribution in [3.05, 3.63) is 70.9 Å². The van der Waals surface area contributed by atoms with Crippen LogP contribution in [0.25, 0.3) is 0 Å². The fourth-order valence-corrected chi connectivity index (χ4v) is 4.25. The summed E-state index contributed by atoms with van der Waals surface area (Å²) in [5, 5.41) is 10.4. The smallest absolute Gasteiger partial charge is 0.220 e. The quantitative estimate of drug-likeness (QED) is 0.803. The number of nitrogens with zero attached hydrogens (tertiary/aromatic N) is 2. The minimum absolute atomic E-state index is 0.0109. The van der Waals surface area contributed by atoms with Gasteiger partial charge in [-0.15, -0.1) is 0 Å². The van der Waals surface area contributed by atoms with E-state index in [9.17, 15) is 14.7 Å². The van der Waals surface area contributed by atoms with Crippen molar-refractivity contribution in [3.63, 3.8) is 0 Å². The van der Waals surface area contributed by atoms with Gasteiger partial charge >= 0.3 is 0 Å². The number of fused-ring (bicyclic) bond motifs is 1. The highest BCUT2D eigenvalue weighted by atomic mass is 16.3. The number of ketones is 1. The molecule has 1 aliphatic heterocycles. The van der Waals surface area contributed by atoms with E-state index in [2.05, 4.69) is 11.1 Å². The monoisotopic (exact) mass is 392 g/mol. The molecule has 2 aromatic rings. The molecule has 6 heteroatoms. The van der Waals surface area contributed by atoms with E-state index in [4.69, 9.17) is 4.42 Å². The van der Waals surface area contributed by atoms with Crippen LogP contribution < -0.4 is 0 Å². The van der Waals surface area contributed by atoms with E-state index in [1.54, 1.807) is 19.3 Å². The van der Waals surface area contributed by atoms with Crippen LogP contribution in [0.1, 0.15) is 48.6 Å². The van der Waals surface area contributed by atoms with Gasteiger partial charge in [-0.25, -0.2) is 0 Å². The molecule has 0 spiro atoms. The summed E-state index contributed by atoms with van der Waals surface area (Å²) in [6.45, 7) is 2.57. The van der Waals surface area contributed by atoms with E-state index in [0.29, 0.717) is 25.3 Å². The molecule has 4 rings (SSSR count). The van der Waals surface area contributed by atoms with Gasteiger partial charge in [-0.1, -0.05) is 24.3 Å². The molecule has 2 heterocycles. The third kappa shape index (κ3) is 3.88. The van der Waals surface area contributed by atoms with Crippen LogP contribution in [0, 0.1) is 0 Å². The van der Waals surface area contributed by atoms with Gasteiger partial charge in [0, 0.05) is 38.4 Å². The Morgan fingerprint density at radius 2 is 2.10 bits per heavy atom. The molecule has 0 fully saturated rings. The standard InChI is InChI=1S/C23H24N2O4/c1-15(26)25-9-8-16-5-2-3-6-18(16)20(25)14-24-13-19-21(27)11-17(12-22(19)28)23-7-4-10-29-23/h2-7,10,13,17,20,27H,8-9,11-12,14H2,1H3/t17?,20-/m0/s1. The zero-order chi connectivity index (χ0) is 20.4. The Morgan fingerprint density at radius 3 is 2.83 bits per heavy atom. The van der Waals surface area contributed by atoms with E-state index in [-0.39, 0.29) is 41.4 Å². The van der Waals surface area contributed by atoms with Crippen LogP contribution in [0.2, 0.25) is 0 Å². The maximum absolute atomic E-state index is 12.5. The molecule has 0 radical (unpaired) electrons. The summed E-state index contributed by atoms with van der Waals surface area (Å²) in [5.41, 5.74) is 2.57. The summed E-state index contributed by atoms with van der Waals surface area (Å²) in [5.74, 6) is 0.465. The number of aliphatic hydroxyl groups is 1. The van der Waals surface area contributed by atoms with Crippen LogP contribution in [0.5, 0.6) is 0 Å². The molecule has 0 saturated heterocycles. The van der Waals surface area contributed by atoms with E-state index < -0.39 is 0 Å². The summed E-state index contributed by atoms with van der Waals surface area (Å²) in [4.78, 5) is 30.9. The predicted octanol–water partition coefficient (Wildman–Crippen LogP) is 3.75. The first-order valence-corrected chi connectivity index (χ1v) is 9.88. The summed E-state index contributed by atoms with van der Waals surface area (Å²) in [7, 11) is 0. The van der Waals surface area contributed by atoms with Crippen LogP contribution in [-0.2, 0) is 16.0 Å². The molecule has 1 aliphatic carbocycles. The second kappa shape index (κ2) is 8.07. The van der Waals surface area contributed by atoms with Crippen molar-refractivity contribution in [2.75, 3.05) is 13.1 Å². The highest BCUT2D eigenvalue weighted by Crippen LogP contribution is 2.34. The Bertz CT molecular complexity index is 975. The zero-order valence-electron chi connectivity index (χ0n) is 16.4. The van der Waals surface area contributed by atoms with Gasteiger partial charge in [0.05, 0.1) is 24.4 Å². The van der Waals surface area contributed by atoms with Crippen LogP contribution in [0.15, 0.2) is 63.4 Å². The molecular weight excluding hydrogens is 368 g/mol. The second-order valence-electron chi connectivity index (χ2n) is 7.58. The summed E-state index contributed by atoms with van der Waals surface area (Å²) in [6, 6.07) is 11.5. The molecule has 0 bridgehead atoms. The van der Waals surface area contributed by atoms with Gasteiger partial charge in [0.15, 0.2) is 5.78 Å². The van der Waals surface area contributed by atoms with Gasteiger partial charge in [0.2, 0.25) is 5.91 Å². The number of carbonyl (C=O) groups excluding carboxylic acids is 2. The van der Waals surface area contributed by atoms with Crippen LogP contribution in [0.4, 0.5) is 0 Å². The molecule has 1 unspecified atom stereocenters. The number of benzene rings is 1. The first kappa shape index (κ1) is 19.2. The molecule has 2 atom stereocenters. The Kier molecular flexibility index (Phi) is 5.34. The molecular formula is C23H24N2O4. The SMILES string of the molecule is CC(=O)N1CCc2ccccc2[C@@H]1CN=CC1=C(O)CC(c2ccco2)CC1=O. The topological polar surface area (TPSA) is 83.1 Å². The summed E-state index contributed by atoms with van der Waals surface area (Å²) in [6.07, 6.45) is 4.50. The average Bonchev–Trinajstić information content (AvgIpc) is 3.24. The number of Topliss-reactive ketones (excluding diaryl/α,β-unsaturated/α-hetero) is 1. The minimum Gasteiger partial charge on any atom is -0.511 e. The molecule has 0 saturated carbocycles. The number of furan rings is 1. The molecule has 6 nitrogen and oxygen atoms in total. The Balaban J connectivity index is 1.52. The van der Waals surface area contributed by atoms with E-state index >= 15 is 0 Å². The number of hydrogen-bond donors (Lipinski definition) is 1. The molecule has 29 heavy (non-hydrogen) atoms. The van der Waals surface area contributed by atoms with E-state index in [1.807, 2.05) is 29.2 Å². The van der Waals surface area contributed by atoms with Crippen molar-refractivity contribution < 1.29 is 19.1 Å². The van der Waals surface area contributed by atoms with Crippen molar-refractivity contribution in [1.82, 2.24) is 4.90 Å². The summed E-state index contributed by atoms with van der Waals surface area (Å²) < 4.78 is 5.38. The Morgan fingerprint density at radius 1 is 1.28 bits per heavy atom. The Hall–Kier alpha value is -3.15. The third-order valence-corrected chi connectivity index (χ3v) is 5.74. The largest absolute Gasteiger partial charge is 0.511 e. The number of aliphatic hydroxyl groups excluding tert-OH is 1. The highest BCUT2D eigenvalue weighted by molar-refractivity contribution is 6.14. The van der Waals surface area contributed by atoms with E-state index in [0.717, 1.165) is 12.0 Å². The molecule has 1 aromatic carbocycles. The normalized spacial score (nSPS) is 22.2. The molecule has 2 aliphatic rings. The van der Waals surface area contributed by atoms with Gasteiger partial charge in [-0.05, 0) is 29.7 Å². The van der Waals surface area contributed by atoms with Crippen molar-refractivity contribution in [2.24, 2.45) is 4.99 Å². The molecule has 1 N–H and O–H groups in total. The maximum Gasteiger partial charge on any atom is 0.220 e. The van der Waals surface area contributed by atoms with Crippen molar-refractivity contribution in [3.8, 4) is 0 Å². The lowest BCUT2D eigenvalue weighted by atomic mass is 9.86. The lowest BCUT2D eigenvalue weighted by Gasteiger charge is -2.36. The first-order valence-electron chi connectivity index (χ1n) is 9.88. The first-order chi connectivity index (χ1) is 14.0. The lowest BCUT2D eigenvalue weighted by molar-refractivity contribution is -0.131. The van der Waals surface area contributed by atoms with Crippen molar-refractivity contribution in [1.29, 1.82) is 0 Å². The number of aliphatic imine (C=N–C) groups is 1. The van der Waals surface area contributed by atoms with Gasteiger partial charge in [0.1, 0.15) is 11.5 Å². The second-order valence-corrected chi connectivity index (χ2v) is 7.58. The van der Waals surface area contributed by atoms with Gasteiger partial charge in [0.25, 0.3) is 0 Å². The number of amides is 1. The highest BCUT2D eigenvalue weighted by Gasteiger charge is 2.30.